The minimum Gasteiger partial charge on any atom is -0.392 e. The zero-order valence-electron chi connectivity index (χ0n) is 10.2. The molecule has 0 aliphatic heterocycles. The van der Waals surface area contributed by atoms with E-state index < -0.39 is 11.8 Å². The van der Waals surface area contributed by atoms with E-state index in [9.17, 15) is 9.59 Å². The van der Waals surface area contributed by atoms with Crippen LogP contribution in [0, 0.1) is 13.8 Å². The number of benzene rings is 1. The minimum absolute atomic E-state index is 0.00836. The van der Waals surface area contributed by atoms with Crippen molar-refractivity contribution in [2.45, 2.75) is 13.8 Å². The van der Waals surface area contributed by atoms with Gasteiger partial charge in [0.05, 0.1) is 11.5 Å². The Hall–Kier alpha value is -1.95. The number of carbonyl (C=O) groups is 2. The average molecular weight is 265 g/mol. The summed E-state index contributed by atoms with van der Waals surface area (Å²) in [6.07, 6.45) is 0. The quantitative estimate of drug-likeness (QED) is 0.553. The molecular weight excluding hydrogens is 250 g/mol. The Morgan fingerprint density at radius 3 is 2.22 bits per heavy atom. The van der Waals surface area contributed by atoms with Crippen LogP contribution in [-0.2, 0) is 9.59 Å². The maximum atomic E-state index is 11.5. The highest BCUT2D eigenvalue weighted by Gasteiger charge is 2.13. The molecule has 6 heteroatoms. The molecule has 0 atom stereocenters. The topological polar surface area (TPSA) is 84.2 Å². The molecule has 0 spiro atoms. The summed E-state index contributed by atoms with van der Waals surface area (Å²) in [7, 11) is 0. The first-order valence-corrected chi connectivity index (χ1v) is 5.75. The van der Waals surface area contributed by atoms with E-state index in [1.165, 1.54) is 0 Å². The van der Waals surface area contributed by atoms with Gasteiger partial charge in [0.1, 0.15) is 0 Å². The van der Waals surface area contributed by atoms with Crippen LogP contribution in [0.1, 0.15) is 11.1 Å². The molecule has 0 aliphatic rings. The van der Waals surface area contributed by atoms with Gasteiger partial charge in [0.25, 0.3) is 0 Å². The third-order valence-electron chi connectivity index (χ3n) is 2.11. The van der Waals surface area contributed by atoms with Gasteiger partial charge in [0, 0.05) is 5.69 Å². The first-order chi connectivity index (χ1) is 8.38. The van der Waals surface area contributed by atoms with Gasteiger partial charge >= 0.3 is 11.8 Å². The van der Waals surface area contributed by atoms with Crippen molar-refractivity contribution in [2.75, 3.05) is 11.9 Å². The Morgan fingerprint density at radius 2 is 1.72 bits per heavy atom. The molecule has 0 unspecified atom stereocenters. The first kappa shape index (κ1) is 14.1. The SMILES string of the molecule is Cc1cc(C)cc(NC(=O)C(=O)NCC(N)=S)c1. The van der Waals surface area contributed by atoms with Crippen LogP contribution in [0.2, 0.25) is 0 Å². The highest BCUT2D eigenvalue weighted by atomic mass is 32.1. The minimum atomic E-state index is -0.762. The van der Waals surface area contributed by atoms with Crippen molar-refractivity contribution in [3.8, 4) is 0 Å². The van der Waals surface area contributed by atoms with E-state index in [0.717, 1.165) is 11.1 Å². The number of anilines is 1. The normalized spacial score (nSPS) is 9.67. The molecule has 1 aromatic rings. The van der Waals surface area contributed by atoms with Crippen LogP contribution in [-0.4, -0.2) is 23.3 Å². The molecule has 18 heavy (non-hydrogen) atoms. The highest BCUT2D eigenvalue weighted by Crippen LogP contribution is 2.13. The lowest BCUT2D eigenvalue weighted by molar-refractivity contribution is -0.135. The number of hydrogen-bond donors (Lipinski definition) is 3. The van der Waals surface area contributed by atoms with Crippen molar-refractivity contribution >= 4 is 34.7 Å². The van der Waals surface area contributed by atoms with Crippen molar-refractivity contribution in [3.05, 3.63) is 29.3 Å². The second kappa shape index (κ2) is 6.11. The molecule has 0 heterocycles. The molecule has 0 aliphatic carbocycles. The van der Waals surface area contributed by atoms with Crippen molar-refractivity contribution in [1.29, 1.82) is 0 Å². The van der Waals surface area contributed by atoms with Gasteiger partial charge in [-0.3, -0.25) is 9.59 Å². The fraction of sp³-hybridized carbons (Fsp3) is 0.250. The summed E-state index contributed by atoms with van der Waals surface area (Å²) in [6, 6.07) is 5.54. The third-order valence-corrected chi connectivity index (χ3v) is 2.25. The molecule has 0 bridgehead atoms. The maximum absolute atomic E-state index is 11.5. The second-order valence-corrected chi connectivity index (χ2v) is 4.50. The summed E-state index contributed by atoms with van der Waals surface area (Å²) >= 11 is 4.60. The zero-order valence-corrected chi connectivity index (χ0v) is 11.1. The highest BCUT2D eigenvalue weighted by molar-refractivity contribution is 7.80. The average Bonchev–Trinajstić information content (AvgIpc) is 2.24. The number of amides is 2. The maximum Gasteiger partial charge on any atom is 0.313 e. The molecule has 5 nitrogen and oxygen atoms in total. The molecule has 0 saturated heterocycles. The lowest BCUT2D eigenvalue weighted by Gasteiger charge is -2.07. The van der Waals surface area contributed by atoms with Crippen LogP contribution in [0.5, 0.6) is 0 Å². The molecule has 0 saturated carbocycles. The molecule has 0 radical (unpaired) electrons. The Kier molecular flexibility index (Phi) is 4.79. The fourth-order valence-electron chi connectivity index (χ4n) is 1.48. The summed E-state index contributed by atoms with van der Waals surface area (Å²) in [6.45, 7) is 3.83. The van der Waals surface area contributed by atoms with Crippen molar-refractivity contribution in [2.24, 2.45) is 5.73 Å². The molecule has 0 fully saturated rings. The summed E-state index contributed by atoms with van der Waals surface area (Å²) < 4.78 is 0. The van der Waals surface area contributed by atoms with Gasteiger partial charge < -0.3 is 16.4 Å². The van der Waals surface area contributed by atoms with Gasteiger partial charge in [-0.15, -0.1) is 0 Å². The molecule has 2 amide bonds. The standard InChI is InChI=1S/C12H15N3O2S/c1-7-3-8(2)5-9(4-7)15-12(17)11(16)14-6-10(13)18/h3-5H,6H2,1-2H3,(H2,13,18)(H,14,16)(H,15,17). The van der Waals surface area contributed by atoms with Crippen LogP contribution in [0.3, 0.4) is 0 Å². The van der Waals surface area contributed by atoms with Gasteiger partial charge in [-0.25, -0.2) is 0 Å². The number of hydrogen-bond acceptors (Lipinski definition) is 3. The van der Waals surface area contributed by atoms with E-state index in [1.54, 1.807) is 12.1 Å². The Morgan fingerprint density at radius 1 is 1.17 bits per heavy atom. The Labute approximate surface area is 111 Å². The van der Waals surface area contributed by atoms with Crippen LogP contribution in [0.25, 0.3) is 0 Å². The summed E-state index contributed by atoms with van der Waals surface area (Å²) in [5.74, 6) is -1.50. The predicted molar refractivity (Wildman–Crippen MR) is 74.3 cm³/mol. The van der Waals surface area contributed by atoms with Crippen molar-refractivity contribution < 1.29 is 9.59 Å². The smallest absolute Gasteiger partial charge is 0.313 e. The fourth-order valence-corrected chi connectivity index (χ4v) is 1.55. The number of thiocarbonyl (C=S) groups is 1. The number of carbonyl (C=O) groups excluding carboxylic acids is 2. The van der Waals surface area contributed by atoms with E-state index >= 15 is 0 Å². The van der Waals surface area contributed by atoms with E-state index in [1.807, 2.05) is 19.9 Å². The lowest BCUT2D eigenvalue weighted by atomic mass is 10.1. The van der Waals surface area contributed by atoms with Crippen LogP contribution in [0.4, 0.5) is 5.69 Å². The molecular formula is C12H15N3O2S. The van der Waals surface area contributed by atoms with Crippen LogP contribution in [0.15, 0.2) is 18.2 Å². The van der Waals surface area contributed by atoms with Crippen molar-refractivity contribution in [1.82, 2.24) is 5.32 Å². The predicted octanol–water partition coefficient (Wildman–Crippen LogP) is 0.644. The number of rotatable bonds is 3. The van der Waals surface area contributed by atoms with Gasteiger partial charge in [0.15, 0.2) is 0 Å². The van der Waals surface area contributed by atoms with E-state index in [2.05, 4.69) is 22.9 Å². The van der Waals surface area contributed by atoms with E-state index in [0.29, 0.717) is 5.69 Å². The van der Waals surface area contributed by atoms with Gasteiger partial charge in [-0.05, 0) is 37.1 Å². The first-order valence-electron chi connectivity index (χ1n) is 5.34. The third kappa shape index (κ3) is 4.50. The lowest BCUT2D eigenvalue weighted by Crippen LogP contribution is -2.39. The molecule has 96 valence electrons. The second-order valence-electron chi connectivity index (χ2n) is 3.98. The molecule has 4 N–H and O–H groups in total. The number of aryl methyl sites for hydroxylation is 2. The monoisotopic (exact) mass is 265 g/mol. The zero-order chi connectivity index (χ0) is 13.7. The van der Waals surface area contributed by atoms with E-state index in [-0.39, 0.29) is 11.5 Å². The molecule has 1 rings (SSSR count). The van der Waals surface area contributed by atoms with Gasteiger partial charge in [0.2, 0.25) is 0 Å². The van der Waals surface area contributed by atoms with Crippen LogP contribution < -0.4 is 16.4 Å². The molecule has 1 aromatic carbocycles. The molecule has 0 aromatic heterocycles. The number of nitrogens with two attached hydrogens (primary N) is 1. The van der Waals surface area contributed by atoms with Gasteiger partial charge in [-0.1, -0.05) is 18.3 Å². The Balaban J connectivity index is 2.63. The summed E-state index contributed by atoms with van der Waals surface area (Å²) in [4.78, 5) is 23.1. The summed E-state index contributed by atoms with van der Waals surface area (Å²) in [5.41, 5.74) is 7.82. The number of nitrogens with one attached hydrogen (secondary N) is 2. The van der Waals surface area contributed by atoms with Crippen molar-refractivity contribution in [3.63, 3.8) is 0 Å². The summed E-state index contributed by atoms with van der Waals surface area (Å²) in [5, 5.41) is 4.83. The van der Waals surface area contributed by atoms with E-state index in [4.69, 9.17) is 5.73 Å². The van der Waals surface area contributed by atoms with Crippen LogP contribution >= 0.6 is 12.2 Å². The van der Waals surface area contributed by atoms with Gasteiger partial charge in [-0.2, -0.15) is 0 Å². The Bertz CT molecular complexity index is 480. The largest absolute Gasteiger partial charge is 0.392 e.